The number of piperidine rings is 1. The van der Waals surface area contributed by atoms with Gasteiger partial charge in [-0.15, -0.1) is 0 Å². The van der Waals surface area contributed by atoms with Gasteiger partial charge in [-0.25, -0.2) is 4.79 Å². The van der Waals surface area contributed by atoms with Gasteiger partial charge < -0.3 is 15.0 Å². The van der Waals surface area contributed by atoms with Gasteiger partial charge in [0.05, 0.1) is 12.0 Å². The van der Waals surface area contributed by atoms with Gasteiger partial charge in [-0.2, -0.15) is 0 Å². The quantitative estimate of drug-likeness (QED) is 0.244. The van der Waals surface area contributed by atoms with Crippen molar-refractivity contribution in [1.29, 1.82) is 0 Å². The maximum Gasteiger partial charge on any atom is 0.411 e. The highest BCUT2D eigenvalue weighted by Gasteiger charge is 2.24. The number of anilines is 1. The van der Waals surface area contributed by atoms with E-state index in [0.717, 1.165) is 55.7 Å². The molecule has 6 nitrogen and oxygen atoms in total. The maximum absolute atomic E-state index is 13.3. The number of halogens is 2. The smallest absolute Gasteiger partial charge is 0.411 e. The van der Waals surface area contributed by atoms with Crippen LogP contribution in [0.1, 0.15) is 61.6 Å². The van der Waals surface area contributed by atoms with Crippen molar-refractivity contribution in [3.05, 3.63) is 99.5 Å². The average molecular weight is 583 g/mol. The molecule has 0 aromatic heterocycles. The summed E-state index contributed by atoms with van der Waals surface area (Å²) in [5.41, 5.74) is 3.78. The molecule has 2 N–H and O–H groups in total. The van der Waals surface area contributed by atoms with Crippen LogP contribution in [0.2, 0.25) is 10.0 Å². The fourth-order valence-electron chi connectivity index (χ4n) is 5.14. The van der Waals surface area contributed by atoms with Crippen LogP contribution in [0.15, 0.2) is 72.8 Å². The van der Waals surface area contributed by atoms with Gasteiger partial charge in [0.15, 0.2) is 0 Å². The Kier molecular flexibility index (Phi) is 10.9. The molecule has 0 radical (unpaired) electrons. The minimum atomic E-state index is -0.429. The minimum absolute atomic E-state index is 0.0332. The lowest BCUT2D eigenvalue weighted by Crippen LogP contribution is -2.36. The normalized spacial score (nSPS) is 14.3. The Bertz CT molecular complexity index is 1210. The summed E-state index contributed by atoms with van der Waals surface area (Å²) in [5.74, 6) is -0.00443. The molecule has 212 valence electrons. The van der Waals surface area contributed by atoms with Crippen molar-refractivity contribution in [2.45, 2.75) is 51.0 Å². The highest BCUT2D eigenvalue weighted by molar-refractivity contribution is 6.30. The van der Waals surface area contributed by atoms with Crippen LogP contribution in [0.25, 0.3) is 0 Å². The number of amides is 2. The second kappa shape index (κ2) is 14.5. The lowest BCUT2D eigenvalue weighted by Gasteiger charge is -2.32. The number of hydrogen-bond acceptors (Lipinski definition) is 4. The van der Waals surface area contributed by atoms with Crippen LogP contribution in [0.4, 0.5) is 10.5 Å². The molecule has 0 unspecified atom stereocenters. The van der Waals surface area contributed by atoms with E-state index in [2.05, 4.69) is 27.7 Å². The summed E-state index contributed by atoms with van der Waals surface area (Å²) in [6.07, 6.45) is 2.40. The van der Waals surface area contributed by atoms with Crippen molar-refractivity contribution in [2.24, 2.45) is 0 Å². The van der Waals surface area contributed by atoms with E-state index in [-0.39, 0.29) is 12.0 Å². The first-order valence-corrected chi connectivity index (χ1v) is 14.6. The first-order chi connectivity index (χ1) is 19.3. The van der Waals surface area contributed by atoms with Gasteiger partial charge in [-0.3, -0.25) is 10.1 Å². The summed E-state index contributed by atoms with van der Waals surface area (Å²) in [6.45, 7) is 7.21. The number of likely N-dealkylation sites (tertiary alicyclic amines) is 1. The Morgan fingerprint density at radius 2 is 1.52 bits per heavy atom. The summed E-state index contributed by atoms with van der Waals surface area (Å²) in [7, 11) is 0. The van der Waals surface area contributed by atoms with Crippen LogP contribution >= 0.6 is 23.2 Å². The molecule has 1 heterocycles. The number of carbonyl (C=O) groups excluding carboxylic acids is 2. The van der Waals surface area contributed by atoms with Crippen LogP contribution < -0.4 is 10.6 Å². The Morgan fingerprint density at radius 3 is 2.10 bits per heavy atom. The summed E-state index contributed by atoms with van der Waals surface area (Å²) >= 11 is 12.2. The third-order valence-electron chi connectivity index (χ3n) is 7.15. The van der Waals surface area contributed by atoms with E-state index in [1.54, 1.807) is 0 Å². The Morgan fingerprint density at radius 1 is 0.925 bits per heavy atom. The van der Waals surface area contributed by atoms with Gasteiger partial charge in [0, 0.05) is 22.3 Å². The van der Waals surface area contributed by atoms with E-state index in [4.69, 9.17) is 27.9 Å². The Hall–Kier alpha value is -3.06. The predicted molar refractivity (Wildman–Crippen MR) is 162 cm³/mol. The molecule has 0 atom stereocenters. The van der Waals surface area contributed by atoms with Gasteiger partial charge in [-0.05, 0) is 112 Å². The molecule has 4 rings (SSSR count). The summed E-state index contributed by atoms with van der Waals surface area (Å²) < 4.78 is 5.19. The first kappa shape index (κ1) is 29.9. The first-order valence-electron chi connectivity index (χ1n) is 13.9. The van der Waals surface area contributed by atoms with E-state index in [0.29, 0.717) is 22.5 Å². The number of benzene rings is 3. The summed E-state index contributed by atoms with van der Waals surface area (Å²) in [6, 6.07) is 22.9. The molecular formula is C32H37Cl2N3O3. The van der Waals surface area contributed by atoms with Crippen molar-refractivity contribution >= 4 is 40.9 Å². The van der Waals surface area contributed by atoms with Crippen LogP contribution in [0.3, 0.4) is 0 Å². The monoisotopic (exact) mass is 581 g/mol. The molecule has 0 bridgehead atoms. The van der Waals surface area contributed by atoms with Gasteiger partial charge in [-0.1, -0.05) is 59.6 Å². The third kappa shape index (κ3) is 8.72. The van der Waals surface area contributed by atoms with E-state index in [9.17, 15) is 9.59 Å². The second-order valence-electron chi connectivity index (χ2n) is 10.5. The summed E-state index contributed by atoms with van der Waals surface area (Å²) in [4.78, 5) is 27.7. The van der Waals surface area contributed by atoms with Crippen LogP contribution in [0, 0.1) is 0 Å². The molecule has 1 aliphatic heterocycles. The molecule has 0 saturated carbocycles. The standard InChI is InChI=1S/C32H37Cl2N3O3/c1-22(2)40-32(39)36-29-6-3-5-26(21-29)23-15-19-37(20-16-23)18-4-17-35-31(38)30(24-7-11-27(33)12-8-24)25-9-13-28(34)14-10-25/h3,5-14,21-23,30H,4,15-20H2,1-2H3,(H,35,38)(H,36,39). The predicted octanol–water partition coefficient (Wildman–Crippen LogP) is 7.47. The number of rotatable bonds is 10. The number of nitrogens with zero attached hydrogens (tertiary/aromatic N) is 1. The highest BCUT2D eigenvalue weighted by atomic mass is 35.5. The van der Waals surface area contributed by atoms with E-state index >= 15 is 0 Å². The van der Waals surface area contributed by atoms with Crippen molar-refractivity contribution in [2.75, 3.05) is 31.5 Å². The number of hydrogen-bond donors (Lipinski definition) is 2. The molecule has 1 aliphatic rings. The number of ether oxygens (including phenoxy) is 1. The minimum Gasteiger partial charge on any atom is -0.447 e. The molecule has 40 heavy (non-hydrogen) atoms. The van der Waals surface area contributed by atoms with Gasteiger partial charge in [0.2, 0.25) is 5.91 Å². The zero-order valence-electron chi connectivity index (χ0n) is 23.0. The van der Waals surface area contributed by atoms with Crippen LogP contribution in [-0.2, 0) is 9.53 Å². The number of nitrogens with one attached hydrogen (secondary N) is 2. The second-order valence-corrected chi connectivity index (χ2v) is 11.4. The van der Waals surface area contributed by atoms with Gasteiger partial charge in [0.1, 0.15) is 0 Å². The van der Waals surface area contributed by atoms with Crippen molar-refractivity contribution in [3.63, 3.8) is 0 Å². The maximum atomic E-state index is 13.3. The average Bonchev–Trinajstić information content (AvgIpc) is 2.93. The van der Waals surface area contributed by atoms with Crippen LogP contribution in [-0.4, -0.2) is 49.2 Å². The zero-order chi connectivity index (χ0) is 28.5. The zero-order valence-corrected chi connectivity index (χ0v) is 24.5. The number of carbonyl (C=O) groups is 2. The Balaban J connectivity index is 1.24. The molecule has 0 spiro atoms. The van der Waals surface area contributed by atoms with E-state index < -0.39 is 12.0 Å². The topological polar surface area (TPSA) is 70.7 Å². The molecule has 2 amide bonds. The molecule has 3 aromatic carbocycles. The van der Waals surface area contributed by atoms with E-state index in [1.165, 1.54) is 5.56 Å². The lowest BCUT2D eigenvalue weighted by molar-refractivity contribution is -0.121. The Labute approximate surface area is 247 Å². The molecule has 1 saturated heterocycles. The molecule has 3 aromatic rings. The fraction of sp³-hybridized carbons (Fsp3) is 0.375. The molecular weight excluding hydrogens is 545 g/mol. The largest absolute Gasteiger partial charge is 0.447 e. The fourth-order valence-corrected chi connectivity index (χ4v) is 5.40. The lowest BCUT2D eigenvalue weighted by atomic mass is 9.89. The van der Waals surface area contributed by atoms with Gasteiger partial charge >= 0.3 is 6.09 Å². The van der Waals surface area contributed by atoms with Crippen molar-refractivity contribution in [1.82, 2.24) is 10.2 Å². The summed E-state index contributed by atoms with van der Waals surface area (Å²) in [5, 5.41) is 7.24. The highest BCUT2D eigenvalue weighted by Crippen LogP contribution is 2.30. The molecule has 1 fully saturated rings. The third-order valence-corrected chi connectivity index (χ3v) is 7.66. The van der Waals surface area contributed by atoms with Crippen molar-refractivity contribution < 1.29 is 14.3 Å². The van der Waals surface area contributed by atoms with E-state index in [1.807, 2.05) is 74.5 Å². The van der Waals surface area contributed by atoms with Crippen LogP contribution in [0.5, 0.6) is 0 Å². The SMILES string of the molecule is CC(C)OC(=O)Nc1cccc(C2CCN(CCCNC(=O)C(c3ccc(Cl)cc3)c3ccc(Cl)cc3)CC2)c1. The molecule has 0 aliphatic carbocycles. The van der Waals surface area contributed by atoms with Crippen molar-refractivity contribution in [3.8, 4) is 0 Å². The molecule has 8 heteroatoms. The van der Waals surface area contributed by atoms with Gasteiger partial charge in [0.25, 0.3) is 0 Å².